The predicted octanol–water partition coefficient (Wildman–Crippen LogP) is 3.08. The summed E-state index contributed by atoms with van der Waals surface area (Å²) in [6.45, 7) is 1.14. The molecule has 2 N–H and O–H groups in total. The summed E-state index contributed by atoms with van der Waals surface area (Å²) in [5.74, 6) is -0.110. The average Bonchev–Trinajstić information content (AvgIpc) is 3.09. The van der Waals surface area contributed by atoms with Crippen LogP contribution in [0.4, 0.5) is 5.13 Å². The fourth-order valence-electron chi connectivity index (χ4n) is 2.01. The summed E-state index contributed by atoms with van der Waals surface area (Å²) in [7, 11) is 0. The van der Waals surface area contributed by atoms with Crippen LogP contribution in [-0.4, -0.2) is 15.9 Å². The van der Waals surface area contributed by atoms with Crippen LogP contribution in [0, 0.1) is 0 Å². The maximum Gasteiger partial charge on any atom is 0.263 e. The van der Waals surface area contributed by atoms with Gasteiger partial charge in [-0.05, 0) is 17.2 Å². The number of carbonyl (C=O) groups is 1. The molecular weight excluding hydrogens is 308 g/mol. The summed E-state index contributed by atoms with van der Waals surface area (Å²) in [5, 5.41) is 6.81. The van der Waals surface area contributed by atoms with Crippen LogP contribution in [-0.2, 0) is 13.1 Å². The van der Waals surface area contributed by atoms with Gasteiger partial charge in [-0.15, -0.1) is 0 Å². The van der Waals surface area contributed by atoms with Crippen molar-refractivity contribution in [1.82, 2.24) is 15.3 Å². The Bertz CT molecular complexity index is 759. The molecule has 0 bridgehead atoms. The quantitative estimate of drug-likeness (QED) is 0.731. The fraction of sp³-hybridized carbons (Fsp3) is 0.118. The summed E-state index contributed by atoms with van der Waals surface area (Å²) >= 11 is 1.34. The third-order valence-corrected chi connectivity index (χ3v) is 4.15. The number of hydrogen-bond acceptors (Lipinski definition) is 5. The molecule has 0 unspecified atom stereocenters. The average molecular weight is 324 g/mol. The van der Waals surface area contributed by atoms with Gasteiger partial charge in [-0.1, -0.05) is 47.7 Å². The molecule has 0 spiro atoms. The molecule has 23 heavy (non-hydrogen) atoms. The second-order valence-corrected chi connectivity index (χ2v) is 5.94. The Labute approximate surface area is 138 Å². The zero-order valence-corrected chi connectivity index (χ0v) is 13.2. The van der Waals surface area contributed by atoms with E-state index in [1.165, 1.54) is 11.3 Å². The van der Waals surface area contributed by atoms with Crippen molar-refractivity contribution in [3.05, 3.63) is 77.1 Å². The largest absolute Gasteiger partial charge is 0.357 e. The highest BCUT2D eigenvalue weighted by Crippen LogP contribution is 2.18. The number of benzene rings is 1. The van der Waals surface area contributed by atoms with E-state index in [0.717, 1.165) is 16.3 Å². The second kappa shape index (κ2) is 7.51. The first kappa shape index (κ1) is 15.2. The summed E-state index contributed by atoms with van der Waals surface area (Å²) < 4.78 is 0. The van der Waals surface area contributed by atoms with Gasteiger partial charge < -0.3 is 10.6 Å². The third kappa shape index (κ3) is 4.37. The van der Waals surface area contributed by atoms with Crippen LogP contribution in [0.15, 0.2) is 61.1 Å². The fourth-order valence-corrected chi connectivity index (χ4v) is 2.73. The SMILES string of the molecule is O=C(NCc1ccccc1)c1cnc(NCc2cccnc2)s1. The Kier molecular flexibility index (Phi) is 4.95. The second-order valence-electron chi connectivity index (χ2n) is 4.91. The molecule has 5 nitrogen and oxygen atoms in total. The monoisotopic (exact) mass is 324 g/mol. The lowest BCUT2D eigenvalue weighted by atomic mass is 10.2. The number of rotatable bonds is 6. The number of carbonyl (C=O) groups excluding carboxylic acids is 1. The number of amides is 1. The van der Waals surface area contributed by atoms with Gasteiger partial charge in [0.25, 0.3) is 5.91 Å². The first-order chi connectivity index (χ1) is 11.3. The summed E-state index contributed by atoms with van der Waals surface area (Å²) in [6.07, 6.45) is 5.13. The zero-order chi connectivity index (χ0) is 15.9. The van der Waals surface area contributed by atoms with E-state index in [1.807, 2.05) is 42.5 Å². The maximum absolute atomic E-state index is 12.1. The van der Waals surface area contributed by atoms with Crippen molar-refractivity contribution in [3.8, 4) is 0 Å². The molecule has 116 valence electrons. The number of hydrogen-bond donors (Lipinski definition) is 2. The smallest absolute Gasteiger partial charge is 0.263 e. The van der Waals surface area contributed by atoms with Crippen LogP contribution in [0.3, 0.4) is 0 Å². The Morgan fingerprint density at radius 2 is 1.83 bits per heavy atom. The van der Waals surface area contributed by atoms with E-state index in [4.69, 9.17) is 0 Å². The van der Waals surface area contributed by atoms with Crippen LogP contribution >= 0.6 is 11.3 Å². The molecule has 0 saturated heterocycles. The minimum absolute atomic E-state index is 0.110. The molecular formula is C17H16N4OS. The molecule has 0 saturated carbocycles. The standard InChI is InChI=1S/C17H16N4OS/c22-16(19-10-13-5-2-1-3-6-13)15-12-21-17(23-15)20-11-14-7-4-8-18-9-14/h1-9,12H,10-11H2,(H,19,22)(H,20,21). The lowest BCUT2D eigenvalue weighted by molar-refractivity contribution is 0.0955. The molecule has 0 atom stereocenters. The summed E-state index contributed by atoms with van der Waals surface area (Å²) in [4.78, 5) is 21.0. The normalized spacial score (nSPS) is 10.3. The number of nitrogens with zero attached hydrogens (tertiary/aromatic N) is 2. The van der Waals surface area contributed by atoms with Gasteiger partial charge in [0.15, 0.2) is 5.13 Å². The van der Waals surface area contributed by atoms with Gasteiger partial charge in [0.2, 0.25) is 0 Å². The van der Waals surface area contributed by atoms with Crippen molar-refractivity contribution in [1.29, 1.82) is 0 Å². The van der Waals surface area contributed by atoms with Gasteiger partial charge >= 0.3 is 0 Å². The lowest BCUT2D eigenvalue weighted by Gasteiger charge is -2.03. The third-order valence-electron chi connectivity index (χ3n) is 3.19. The predicted molar refractivity (Wildman–Crippen MR) is 91.3 cm³/mol. The van der Waals surface area contributed by atoms with Gasteiger partial charge in [-0.25, -0.2) is 4.98 Å². The van der Waals surface area contributed by atoms with Crippen molar-refractivity contribution in [2.45, 2.75) is 13.1 Å². The first-order valence-corrected chi connectivity index (χ1v) is 8.03. The Morgan fingerprint density at radius 1 is 1.00 bits per heavy atom. The summed E-state index contributed by atoms with van der Waals surface area (Å²) in [6, 6.07) is 13.7. The molecule has 3 rings (SSSR count). The van der Waals surface area contributed by atoms with E-state index >= 15 is 0 Å². The van der Waals surface area contributed by atoms with Gasteiger partial charge in [-0.3, -0.25) is 9.78 Å². The van der Waals surface area contributed by atoms with Gasteiger partial charge in [0, 0.05) is 25.5 Å². The minimum Gasteiger partial charge on any atom is -0.357 e. The number of anilines is 1. The number of pyridine rings is 1. The van der Waals surface area contributed by atoms with Crippen molar-refractivity contribution in [3.63, 3.8) is 0 Å². The van der Waals surface area contributed by atoms with Crippen molar-refractivity contribution >= 4 is 22.4 Å². The maximum atomic E-state index is 12.1. The molecule has 0 radical (unpaired) electrons. The highest BCUT2D eigenvalue weighted by molar-refractivity contribution is 7.17. The minimum atomic E-state index is -0.110. The van der Waals surface area contributed by atoms with Crippen LogP contribution in [0.5, 0.6) is 0 Å². The number of nitrogens with one attached hydrogen (secondary N) is 2. The van der Waals surface area contributed by atoms with E-state index in [0.29, 0.717) is 18.0 Å². The van der Waals surface area contributed by atoms with E-state index in [9.17, 15) is 4.79 Å². The molecule has 0 aliphatic carbocycles. The van der Waals surface area contributed by atoms with E-state index < -0.39 is 0 Å². The van der Waals surface area contributed by atoms with Crippen molar-refractivity contribution in [2.75, 3.05) is 5.32 Å². The molecule has 1 amide bonds. The van der Waals surface area contributed by atoms with Crippen LogP contribution in [0.25, 0.3) is 0 Å². The molecule has 1 aromatic carbocycles. The van der Waals surface area contributed by atoms with Crippen molar-refractivity contribution in [2.24, 2.45) is 0 Å². The van der Waals surface area contributed by atoms with E-state index in [1.54, 1.807) is 18.6 Å². The number of aromatic nitrogens is 2. The van der Waals surface area contributed by atoms with Crippen molar-refractivity contribution < 1.29 is 4.79 Å². The Morgan fingerprint density at radius 3 is 2.61 bits per heavy atom. The van der Waals surface area contributed by atoms with E-state index in [-0.39, 0.29) is 5.91 Å². The molecule has 0 fully saturated rings. The van der Waals surface area contributed by atoms with Crippen LogP contribution < -0.4 is 10.6 Å². The molecule has 3 aromatic rings. The van der Waals surface area contributed by atoms with Gasteiger partial charge in [-0.2, -0.15) is 0 Å². The summed E-state index contributed by atoms with van der Waals surface area (Å²) in [5.41, 5.74) is 2.14. The number of thiazole rings is 1. The molecule has 2 aromatic heterocycles. The van der Waals surface area contributed by atoms with Crippen LogP contribution in [0.1, 0.15) is 20.8 Å². The van der Waals surface area contributed by atoms with Crippen LogP contribution in [0.2, 0.25) is 0 Å². The molecule has 0 aliphatic heterocycles. The Balaban J connectivity index is 1.53. The molecule has 6 heteroatoms. The highest BCUT2D eigenvalue weighted by Gasteiger charge is 2.10. The van der Waals surface area contributed by atoms with E-state index in [2.05, 4.69) is 20.6 Å². The van der Waals surface area contributed by atoms with Gasteiger partial charge in [0.1, 0.15) is 4.88 Å². The molecule has 0 aliphatic rings. The molecule has 2 heterocycles. The van der Waals surface area contributed by atoms with Gasteiger partial charge in [0.05, 0.1) is 6.20 Å². The first-order valence-electron chi connectivity index (χ1n) is 7.22. The Hall–Kier alpha value is -2.73. The lowest BCUT2D eigenvalue weighted by Crippen LogP contribution is -2.21. The highest BCUT2D eigenvalue weighted by atomic mass is 32.1. The zero-order valence-electron chi connectivity index (χ0n) is 12.4. The topological polar surface area (TPSA) is 66.9 Å².